The van der Waals surface area contributed by atoms with Crippen LogP contribution in [0.15, 0.2) is 24.5 Å². The van der Waals surface area contributed by atoms with E-state index in [2.05, 4.69) is 20.5 Å². The molecule has 0 saturated carbocycles. The molecular formula is C21H32N4O5. The Morgan fingerprint density at radius 3 is 2.67 bits per heavy atom. The number of ether oxygens (including phenoxy) is 2. The monoisotopic (exact) mass is 420 g/mol. The summed E-state index contributed by atoms with van der Waals surface area (Å²) in [7, 11) is 0. The minimum absolute atomic E-state index is 0.0689. The molecule has 2 aliphatic heterocycles. The summed E-state index contributed by atoms with van der Waals surface area (Å²) >= 11 is 0. The Kier molecular flexibility index (Phi) is 9.00. The molecule has 0 radical (unpaired) electrons. The molecule has 3 N–H and O–H groups in total. The van der Waals surface area contributed by atoms with Crippen LogP contribution in [0.4, 0.5) is 0 Å². The topological polar surface area (TPSA) is 113 Å². The zero-order valence-corrected chi connectivity index (χ0v) is 17.3. The van der Waals surface area contributed by atoms with E-state index in [1.54, 1.807) is 12.4 Å². The highest BCUT2D eigenvalue weighted by Gasteiger charge is 2.33. The van der Waals surface area contributed by atoms with E-state index in [1.807, 2.05) is 12.1 Å². The third kappa shape index (κ3) is 7.32. The highest BCUT2D eigenvalue weighted by atomic mass is 16.5. The van der Waals surface area contributed by atoms with Gasteiger partial charge in [0.15, 0.2) is 0 Å². The van der Waals surface area contributed by atoms with Crippen molar-refractivity contribution in [2.75, 3.05) is 46.0 Å². The van der Waals surface area contributed by atoms with Gasteiger partial charge in [0, 0.05) is 32.0 Å². The maximum absolute atomic E-state index is 12.3. The number of carbonyl (C=O) groups is 2. The average Bonchev–Trinajstić information content (AvgIpc) is 2.76. The van der Waals surface area contributed by atoms with Crippen molar-refractivity contribution in [1.29, 1.82) is 0 Å². The van der Waals surface area contributed by atoms with E-state index in [0.29, 0.717) is 39.1 Å². The summed E-state index contributed by atoms with van der Waals surface area (Å²) < 4.78 is 11.2. The van der Waals surface area contributed by atoms with Crippen molar-refractivity contribution < 1.29 is 24.2 Å². The summed E-state index contributed by atoms with van der Waals surface area (Å²) in [6, 6.07) is 3.61. The number of amides is 2. The summed E-state index contributed by atoms with van der Waals surface area (Å²) in [5, 5.41) is 15.6. The van der Waals surface area contributed by atoms with Crippen LogP contribution in [-0.4, -0.2) is 91.1 Å². The molecule has 0 bridgehead atoms. The highest BCUT2D eigenvalue weighted by Crippen LogP contribution is 2.22. The molecule has 2 aliphatic rings. The van der Waals surface area contributed by atoms with Crippen LogP contribution < -0.4 is 10.6 Å². The first-order chi connectivity index (χ1) is 14.6. The Labute approximate surface area is 177 Å². The molecule has 0 aromatic carbocycles. The van der Waals surface area contributed by atoms with Crippen LogP contribution in [0.3, 0.4) is 0 Å². The molecule has 1 aromatic rings. The molecular weight excluding hydrogens is 388 g/mol. The fourth-order valence-corrected chi connectivity index (χ4v) is 3.84. The number of aliphatic hydroxyl groups is 1. The number of aliphatic hydroxyl groups excluding tert-OH is 1. The van der Waals surface area contributed by atoms with Gasteiger partial charge in [-0.2, -0.15) is 0 Å². The van der Waals surface area contributed by atoms with E-state index in [4.69, 9.17) is 9.47 Å². The standard InChI is InChI=1S/C21H32N4O5/c26-15-19-18(24-21(28)14-25-9-11-29-12-10-25)2-1-17(30-19)13-20(27)23-8-5-16-3-6-22-7-4-16/h3-4,6-7,17-19,26H,1-2,5,8-15H2,(H,23,27)(H,24,28)/t17-,18+,19-/m1/s1. The normalized spacial score (nSPS) is 24.9. The molecule has 9 heteroatoms. The van der Waals surface area contributed by atoms with Crippen LogP contribution in [-0.2, 0) is 25.5 Å². The number of hydrogen-bond donors (Lipinski definition) is 3. The second-order valence-electron chi connectivity index (χ2n) is 7.78. The quantitative estimate of drug-likeness (QED) is 0.493. The van der Waals surface area contributed by atoms with Gasteiger partial charge in [-0.1, -0.05) is 0 Å². The lowest BCUT2D eigenvalue weighted by Crippen LogP contribution is -2.53. The van der Waals surface area contributed by atoms with Gasteiger partial charge < -0.3 is 25.2 Å². The Bertz CT molecular complexity index is 669. The third-order valence-electron chi connectivity index (χ3n) is 5.51. The maximum atomic E-state index is 12.3. The lowest BCUT2D eigenvalue weighted by molar-refractivity contribution is -0.136. The summed E-state index contributed by atoms with van der Waals surface area (Å²) in [6.45, 7) is 3.46. The molecule has 3 heterocycles. The van der Waals surface area contributed by atoms with Crippen LogP contribution in [0.1, 0.15) is 24.8 Å². The SMILES string of the molecule is O=C(C[C@H]1CC[C@H](NC(=O)CN2CCOCC2)[C@@H](CO)O1)NCCc1ccncc1. The zero-order valence-electron chi connectivity index (χ0n) is 17.3. The van der Waals surface area contributed by atoms with E-state index in [9.17, 15) is 14.7 Å². The van der Waals surface area contributed by atoms with Crippen molar-refractivity contribution in [2.24, 2.45) is 0 Å². The zero-order chi connectivity index (χ0) is 21.2. The average molecular weight is 421 g/mol. The number of nitrogens with zero attached hydrogens (tertiary/aromatic N) is 2. The number of nitrogens with one attached hydrogen (secondary N) is 2. The number of rotatable bonds is 9. The number of aromatic nitrogens is 1. The van der Waals surface area contributed by atoms with Crippen molar-refractivity contribution in [3.05, 3.63) is 30.1 Å². The Balaban J connectivity index is 1.36. The van der Waals surface area contributed by atoms with E-state index in [0.717, 1.165) is 25.1 Å². The predicted octanol–water partition coefficient (Wildman–Crippen LogP) is -0.513. The molecule has 0 unspecified atom stereocenters. The van der Waals surface area contributed by atoms with E-state index in [-0.39, 0.29) is 37.0 Å². The molecule has 0 spiro atoms. The van der Waals surface area contributed by atoms with Crippen LogP contribution in [0.5, 0.6) is 0 Å². The minimum Gasteiger partial charge on any atom is -0.394 e. The molecule has 2 saturated heterocycles. The first-order valence-corrected chi connectivity index (χ1v) is 10.7. The van der Waals surface area contributed by atoms with Gasteiger partial charge in [0.1, 0.15) is 6.10 Å². The van der Waals surface area contributed by atoms with Crippen molar-refractivity contribution in [1.82, 2.24) is 20.5 Å². The fraction of sp³-hybridized carbons (Fsp3) is 0.667. The summed E-state index contributed by atoms with van der Waals surface area (Å²) in [5.41, 5.74) is 1.12. The maximum Gasteiger partial charge on any atom is 0.234 e. The van der Waals surface area contributed by atoms with Crippen LogP contribution in [0, 0.1) is 0 Å². The van der Waals surface area contributed by atoms with Crippen LogP contribution in [0.2, 0.25) is 0 Å². The molecule has 3 rings (SSSR count). The molecule has 2 fully saturated rings. The minimum atomic E-state index is -0.498. The van der Waals surface area contributed by atoms with Crippen molar-refractivity contribution >= 4 is 11.8 Å². The number of carbonyl (C=O) groups excluding carboxylic acids is 2. The second-order valence-corrected chi connectivity index (χ2v) is 7.78. The van der Waals surface area contributed by atoms with Gasteiger partial charge in [-0.3, -0.25) is 19.5 Å². The Morgan fingerprint density at radius 2 is 1.93 bits per heavy atom. The lowest BCUT2D eigenvalue weighted by atomic mass is 9.97. The summed E-state index contributed by atoms with van der Waals surface area (Å²) in [4.78, 5) is 30.6. The van der Waals surface area contributed by atoms with Gasteiger partial charge in [0.05, 0.1) is 44.9 Å². The van der Waals surface area contributed by atoms with Gasteiger partial charge in [0.2, 0.25) is 11.8 Å². The lowest BCUT2D eigenvalue weighted by Gasteiger charge is -2.36. The largest absolute Gasteiger partial charge is 0.394 e. The predicted molar refractivity (Wildman–Crippen MR) is 110 cm³/mol. The van der Waals surface area contributed by atoms with Crippen molar-refractivity contribution in [2.45, 2.75) is 43.9 Å². The van der Waals surface area contributed by atoms with Gasteiger partial charge in [-0.25, -0.2) is 0 Å². The van der Waals surface area contributed by atoms with Gasteiger partial charge in [-0.05, 0) is 37.0 Å². The Hall–Kier alpha value is -2.07. The van der Waals surface area contributed by atoms with E-state index < -0.39 is 6.10 Å². The molecule has 9 nitrogen and oxygen atoms in total. The van der Waals surface area contributed by atoms with Gasteiger partial charge in [-0.15, -0.1) is 0 Å². The van der Waals surface area contributed by atoms with E-state index in [1.165, 1.54) is 0 Å². The summed E-state index contributed by atoms with van der Waals surface area (Å²) in [6.07, 6.45) is 5.05. The highest BCUT2D eigenvalue weighted by molar-refractivity contribution is 5.78. The Morgan fingerprint density at radius 1 is 1.17 bits per heavy atom. The molecule has 2 amide bonds. The molecule has 166 valence electrons. The van der Waals surface area contributed by atoms with Crippen molar-refractivity contribution in [3.63, 3.8) is 0 Å². The fourth-order valence-electron chi connectivity index (χ4n) is 3.84. The number of pyridine rings is 1. The van der Waals surface area contributed by atoms with Crippen molar-refractivity contribution in [3.8, 4) is 0 Å². The first-order valence-electron chi connectivity index (χ1n) is 10.7. The number of morpholine rings is 1. The number of hydrogen-bond acceptors (Lipinski definition) is 7. The second kappa shape index (κ2) is 11.9. The van der Waals surface area contributed by atoms with Crippen LogP contribution in [0.25, 0.3) is 0 Å². The molecule has 0 aliphatic carbocycles. The van der Waals surface area contributed by atoms with Gasteiger partial charge >= 0.3 is 0 Å². The molecule has 3 atom stereocenters. The van der Waals surface area contributed by atoms with E-state index >= 15 is 0 Å². The van der Waals surface area contributed by atoms with Crippen LogP contribution >= 0.6 is 0 Å². The smallest absolute Gasteiger partial charge is 0.234 e. The third-order valence-corrected chi connectivity index (χ3v) is 5.51. The van der Waals surface area contributed by atoms with Gasteiger partial charge in [0.25, 0.3) is 0 Å². The first kappa shape index (κ1) is 22.6. The summed E-state index contributed by atoms with van der Waals surface area (Å²) in [5.74, 6) is -0.142. The molecule has 30 heavy (non-hydrogen) atoms. The molecule has 1 aromatic heterocycles.